The molecule has 0 unspecified atom stereocenters. The van der Waals surface area contributed by atoms with Crippen molar-refractivity contribution >= 4 is 60.9 Å². The van der Waals surface area contributed by atoms with Crippen molar-refractivity contribution in [1.82, 2.24) is 4.98 Å². The van der Waals surface area contributed by atoms with Crippen LogP contribution in [0.2, 0.25) is 5.02 Å². The van der Waals surface area contributed by atoms with E-state index in [0.717, 1.165) is 8.95 Å². The molecular weight excluding hydrogens is 409 g/mol. The summed E-state index contributed by atoms with van der Waals surface area (Å²) in [6.45, 7) is 0. The fourth-order valence-electron chi connectivity index (χ4n) is 1.58. The Balaban J connectivity index is 2.27. The summed E-state index contributed by atoms with van der Waals surface area (Å²) >= 11 is 12.6. The van der Waals surface area contributed by atoms with Crippen LogP contribution in [0.5, 0.6) is 0 Å². The zero-order valence-electron chi connectivity index (χ0n) is 10.4. The highest BCUT2D eigenvalue weighted by molar-refractivity contribution is 9.10. The van der Waals surface area contributed by atoms with Gasteiger partial charge in [-0.3, -0.25) is 4.79 Å². The lowest BCUT2D eigenvalue weighted by atomic mass is 10.2. The molecular formula is C13H10Br2ClN3O. The average Bonchev–Trinajstić information content (AvgIpc) is 2.43. The molecule has 0 fully saturated rings. The fourth-order valence-corrected chi connectivity index (χ4v) is 2.34. The molecule has 20 heavy (non-hydrogen) atoms. The van der Waals surface area contributed by atoms with Gasteiger partial charge in [0.2, 0.25) is 0 Å². The van der Waals surface area contributed by atoms with E-state index in [4.69, 9.17) is 11.6 Å². The van der Waals surface area contributed by atoms with Gasteiger partial charge in [0.05, 0.1) is 10.6 Å². The Morgan fingerprint density at radius 2 is 2.05 bits per heavy atom. The van der Waals surface area contributed by atoms with Crippen LogP contribution in [0.1, 0.15) is 10.4 Å². The second-order valence-electron chi connectivity index (χ2n) is 3.88. The molecule has 1 aromatic carbocycles. The van der Waals surface area contributed by atoms with Crippen molar-refractivity contribution in [3.05, 3.63) is 50.0 Å². The molecule has 0 bridgehead atoms. The smallest absolute Gasteiger partial charge is 0.259 e. The minimum absolute atomic E-state index is 0.262. The summed E-state index contributed by atoms with van der Waals surface area (Å²) in [7, 11) is 1.71. The Labute approximate surface area is 138 Å². The van der Waals surface area contributed by atoms with Gasteiger partial charge in [0.1, 0.15) is 5.82 Å². The van der Waals surface area contributed by atoms with Gasteiger partial charge in [-0.05, 0) is 56.1 Å². The summed E-state index contributed by atoms with van der Waals surface area (Å²) in [5.74, 6) is 0.246. The van der Waals surface area contributed by atoms with Gasteiger partial charge in [0.15, 0.2) is 0 Å². The number of hydrogen-bond donors (Lipinski definition) is 2. The van der Waals surface area contributed by atoms with Gasteiger partial charge in [0.25, 0.3) is 5.91 Å². The van der Waals surface area contributed by atoms with Crippen LogP contribution in [0, 0.1) is 0 Å². The normalized spacial score (nSPS) is 10.2. The number of carbonyl (C=O) groups is 1. The topological polar surface area (TPSA) is 54.0 Å². The maximum Gasteiger partial charge on any atom is 0.259 e. The number of nitrogens with one attached hydrogen (secondary N) is 2. The molecule has 2 aromatic rings. The summed E-state index contributed by atoms with van der Waals surface area (Å²) in [5, 5.41) is 6.20. The highest BCUT2D eigenvalue weighted by Crippen LogP contribution is 2.26. The van der Waals surface area contributed by atoms with Crippen LogP contribution < -0.4 is 10.6 Å². The molecule has 0 aliphatic carbocycles. The highest BCUT2D eigenvalue weighted by atomic mass is 79.9. The number of aromatic nitrogens is 1. The maximum atomic E-state index is 12.3. The van der Waals surface area contributed by atoms with Crippen molar-refractivity contribution < 1.29 is 4.79 Å². The van der Waals surface area contributed by atoms with Gasteiger partial charge < -0.3 is 10.6 Å². The van der Waals surface area contributed by atoms with Crippen LogP contribution in [0.4, 0.5) is 11.5 Å². The summed E-state index contributed by atoms with van der Waals surface area (Å²) in [5.41, 5.74) is 1.06. The van der Waals surface area contributed by atoms with E-state index in [1.165, 1.54) is 0 Å². The van der Waals surface area contributed by atoms with Crippen LogP contribution in [0.25, 0.3) is 0 Å². The number of halogens is 3. The lowest BCUT2D eigenvalue weighted by Gasteiger charge is -2.10. The van der Waals surface area contributed by atoms with Crippen molar-refractivity contribution in [2.24, 2.45) is 0 Å². The second-order valence-corrected chi connectivity index (χ2v) is 6.06. The third-order valence-corrected chi connectivity index (χ3v) is 4.18. The molecule has 104 valence electrons. The Morgan fingerprint density at radius 3 is 2.70 bits per heavy atom. The summed E-state index contributed by atoms with van der Waals surface area (Å²) in [4.78, 5) is 16.4. The van der Waals surface area contributed by atoms with E-state index in [2.05, 4.69) is 47.5 Å². The number of hydrogen-bond acceptors (Lipinski definition) is 3. The monoisotopic (exact) mass is 417 g/mol. The Kier molecular flexibility index (Phi) is 5.01. The number of pyridine rings is 1. The van der Waals surface area contributed by atoms with E-state index < -0.39 is 0 Å². The number of anilines is 2. The molecule has 0 aliphatic heterocycles. The summed E-state index contributed by atoms with van der Waals surface area (Å²) in [6.07, 6.45) is 1.62. The van der Waals surface area contributed by atoms with Gasteiger partial charge in [-0.25, -0.2) is 4.98 Å². The predicted octanol–water partition coefficient (Wildman–Crippen LogP) is 4.55. The van der Waals surface area contributed by atoms with Gasteiger partial charge >= 0.3 is 0 Å². The number of amides is 1. The van der Waals surface area contributed by atoms with E-state index in [1.54, 1.807) is 37.5 Å². The molecule has 4 nitrogen and oxygen atoms in total. The Morgan fingerprint density at radius 1 is 1.30 bits per heavy atom. The van der Waals surface area contributed by atoms with E-state index in [0.29, 0.717) is 22.1 Å². The quantitative estimate of drug-likeness (QED) is 0.767. The van der Waals surface area contributed by atoms with E-state index >= 15 is 0 Å². The zero-order chi connectivity index (χ0) is 14.7. The first-order valence-electron chi connectivity index (χ1n) is 5.61. The molecule has 1 aromatic heterocycles. The molecule has 2 rings (SSSR count). The second kappa shape index (κ2) is 6.56. The summed E-state index contributed by atoms with van der Waals surface area (Å²) in [6, 6.07) is 6.91. The van der Waals surface area contributed by atoms with E-state index in [9.17, 15) is 4.79 Å². The largest absolute Gasteiger partial charge is 0.372 e. The average molecular weight is 420 g/mol. The van der Waals surface area contributed by atoms with Crippen LogP contribution in [-0.4, -0.2) is 17.9 Å². The molecule has 1 amide bonds. The molecule has 7 heteroatoms. The third-order valence-electron chi connectivity index (χ3n) is 2.51. The summed E-state index contributed by atoms with van der Waals surface area (Å²) < 4.78 is 1.51. The van der Waals surface area contributed by atoms with Gasteiger partial charge in [-0.1, -0.05) is 11.6 Å². The highest BCUT2D eigenvalue weighted by Gasteiger charge is 2.13. The number of carbonyl (C=O) groups excluding carboxylic acids is 1. The number of rotatable bonds is 3. The Bertz CT molecular complexity index is 664. The van der Waals surface area contributed by atoms with Gasteiger partial charge in [-0.2, -0.15) is 0 Å². The first-order chi connectivity index (χ1) is 9.51. The van der Waals surface area contributed by atoms with Crippen molar-refractivity contribution in [3.63, 3.8) is 0 Å². The first-order valence-corrected chi connectivity index (χ1v) is 7.57. The zero-order valence-corrected chi connectivity index (χ0v) is 14.3. The van der Waals surface area contributed by atoms with Crippen LogP contribution in [-0.2, 0) is 0 Å². The van der Waals surface area contributed by atoms with Crippen molar-refractivity contribution in [2.75, 3.05) is 17.7 Å². The molecule has 2 N–H and O–H groups in total. The van der Waals surface area contributed by atoms with E-state index in [-0.39, 0.29) is 5.91 Å². The predicted molar refractivity (Wildman–Crippen MR) is 88.6 cm³/mol. The molecule has 1 heterocycles. The van der Waals surface area contributed by atoms with Gasteiger partial charge in [0, 0.05) is 27.9 Å². The first kappa shape index (κ1) is 15.3. The molecule has 0 saturated heterocycles. The molecule has 0 spiro atoms. The minimum atomic E-state index is -0.262. The molecule has 0 saturated carbocycles. The fraction of sp³-hybridized carbons (Fsp3) is 0.0769. The minimum Gasteiger partial charge on any atom is -0.372 e. The number of benzene rings is 1. The van der Waals surface area contributed by atoms with E-state index in [1.807, 2.05) is 0 Å². The van der Waals surface area contributed by atoms with Gasteiger partial charge in [-0.15, -0.1) is 0 Å². The molecule has 0 radical (unpaired) electrons. The lowest BCUT2D eigenvalue weighted by molar-refractivity contribution is 0.102. The third kappa shape index (κ3) is 3.50. The van der Waals surface area contributed by atoms with Crippen LogP contribution in [0.15, 0.2) is 39.4 Å². The number of nitrogens with zero attached hydrogens (tertiary/aromatic N) is 1. The SMILES string of the molecule is CNc1ncc(Br)cc1C(=O)Nc1ccc(Br)c(Cl)c1. The van der Waals surface area contributed by atoms with Crippen molar-refractivity contribution in [1.29, 1.82) is 0 Å². The Hall–Kier alpha value is -1.11. The molecule has 0 aliphatic rings. The van der Waals surface area contributed by atoms with Crippen molar-refractivity contribution in [2.45, 2.75) is 0 Å². The van der Waals surface area contributed by atoms with Crippen molar-refractivity contribution in [3.8, 4) is 0 Å². The van der Waals surface area contributed by atoms with Crippen LogP contribution in [0.3, 0.4) is 0 Å². The maximum absolute atomic E-state index is 12.3. The standard InChI is InChI=1S/C13H10Br2ClN3O/c1-17-12-9(4-7(14)6-18-12)13(20)19-8-2-3-10(15)11(16)5-8/h2-6H,1H3,(H,17,18)(H,19,20). The van der Waals surface area contributed by atoms with Crippen LogP contribution >= 0.6 is 43.5 Å². The molecule has 0 atom stereocenters. The lowest BCUT2D eigenvalue weighted by Crippen LogP contribution is -2.14.